The summed E-state index contributed by atoms with van der Waals surface area (Å²) in [4.78, 5) is 16.6. The van der Waals surface area contributed by atoms with E-state index in [9.17, 15) is 5.11 Å². The van der Waals surface area contributed by atoms with Crippen molar-refractivity contribution in [3.8, 4) is 0 Å². The SMILES string of the molecule is Cc1ccc(C(C)(O)Cn2c3c(c4nc(C)cnc42)C2CCCN2CC3)cn1. The van der Waals surface area contributed by atoms with Crippen molar-refractivity contribution in [2.75, 3.05) is 13.1 Å². The van der Waals surface area contributed by atoms with Gasteiger partial charge in [0.15, 0.2) is 5.65 Å². The first-order valence-electron chi connectivity index (χ1n) is 10.2. The van der Waals surface area contributed by atoms with Crippen LogP contribution in [0.15, 0.2) is 24.5 Å². The van der Waals surface area contributed by atoms with Gasteiger partial charge in [0.1, 0.15) is 11.1 Å². The van der Waals surface area contributed by atoms with E-state index in [0.717, 1.165) is 41.1 Å². The van der Waals surface area contributed by atoms with E-state index in [1.54, 1.807) is 6.20 Å². The van der Waals surface area contributed by atoms with Crippen molar-refractivity contribution in [1.29, 1.82) is 0 Å². The number of aromatic nitrogens is 4. The molecule has 2 aliphatic rings. The summed E-state index contributed by atoms with van der Waals surface area (Å²) in [5.74, 6) is 0. The fourth-order valence-corrected chi connectivity index (χ4v) is 4.90. The quantitative estimate of drug-likeness (QED) is 0.760. The zero-order chi connectivity index (χ0) is 19.5. The lowest BCUT2D eigenvalue weighted by Crippen LogP contribution is -2.33. The lowest BCUT2D eigenvalue weighted by molar-refractivity contribution is 0.0378. The Morgan fingerprint density at radius 3 is 2.79 bits per heavy atom. The molecule has 2 aliphatic heterocycles. The first kappa shape index (κ1) is 17.8. The molecule has 0 aromatic carbocycles. The van der Waals surface area contributed by atoms with Crippen LogP contribution in [0, 0.1) is 13.8 Å². The molecule has 3 aromatic rings. The molecule has 1 saturated heterocycles. The first-order chi connectivity index (χ1) is 13.4. The lowest BCUT2D eigenvalue weighted by Gasteiger charge is -2.32. The third-order valence-electron chi connectivity index (χ3n) is 6.35. The largest absolute Gasteiger partial charge is 0.384 e. The number of fused-ring (bicyclic) bond motifs is 5. The molecule has 6 nitrogen and oxygen atoms in total. The summed E-state index contributed by atoms with van der Waals surface area (Å²) >= 11 is 0. The van der Waals surface area contributed by atoms with Gasteiger partial charge < -0.3 is 9.67 Å². The Hall–Kier alpha value is -2.31. The van der Waals surface area contributed by atoms with Crippen LogP contribution in [0.2, 0.25) is 0 Å². The average Bonchev–Trinajstić information content (AvgIpc) is 3.25. The Morgan fingerprint density at radius 2 is 2.00 bits per heavy atom. The van der Waals surface area contributed by atoms with Gasteiger partial charge >= 0.3 is 0 Å². The minimum atomic E-state index is -1.03. The molecule has 0 radical (unpaired) electrons. The van der Waals surface area contributed by atoms with E-state index in [1.807, 2.05) is 39.1 Å². The third kappa shape index (κ3) is 2.74. The number of hydrogen-bond donors (Lipinski definition) is 1. The van der Waals surface area contributed by atoms with Gasteiger partial charge in [-0.25, -0.2) is 9.97 Å². The van der Waals surface area contributed by atoms with Crippen LogP contribution in [0.3, 0.4) is 0 Å². The van der Waals surface area contributed by atoms with Gasteiger partial charge in [-0.2, -0.15) is 0 Å². The average molecular weight is 377 g/mol. The molecule has 1 N–H and O–H groups in total. The van der Waals surface area contributed by atoms with Gasteiger partial charge in [0.2, 0.25) is 0 Å². The van der Waals surface area contributed by atoms with Gasteiger partial charge in [-0.15, -0.1) is 0 Å². The van der Waals surface area contributed by atoms with E-state index < -0.39 is 5.60 Å². The maximum Gasteiger partial charge on any atom is 0.159 e. The van der Waals surface area contributed by atoms with Gasteiger partial charge in [-0.05, 0) is 46.2 Å². The number of aryl methyl sites for hydroxylation is 2. The van der Waals surface area contributed by atoms with Crippen LogP contribution < -0.4 is 0 Å². The van der Waals surface area contributed by atoms with Crippen LogP contribution in [0.1, 0.15) is 54.0 Å². The monoisotopic (exact) mass is 377 g/mol. The molecule has 0 aliphatic carbocycles. The molecular weight excluding hydrogens is 350 g/mol. The van der Waals surface area contributed by atoms with Crippen molar-refractivity contribution in [3.05, 3.63) is 52.7 Å². The maximum atomic E-state index is 11.3. The summed E-state index contributed by atoms with van der Waals surface area (Å²) in [5.41, 5.74) is 6.24. The van der Waals surface area contributed by atoms with Gasteiger partial charge in [-0.1, -0.05) is 6.07 Å². The minimum Gasteiger partial charge on any atom is -0.384 e. The molecule has 5 rings (SSSR count). The molecule has 0 saturated carbocycles. The highest BCUT2D eigenvalue weighted by atomic mass is 16.3. The van der Waals surface area contributed by atoms with Gasteiger partial charge in [0, 0.05) is 47.7 Å². The number of pyridine rings is 1. The Balaban J connectivity index is 1.65. The molecule has 2 atom stereocenters. The fourth-order valence-electron chi connectivity index (χ4n) is 4.90. The van der Waals surface area contributed by atoms with E-state index in [4.69, 9.17) is 9.97 Å². The highest BCUT2D eigenvalue weighted by Crippen LogP contribution is 2.42. The Morgan fingerprint density at radius 1 is 1.14 bits per heavy atom. The Labute approximate surface area is 165 Å². The molecule has 146 valence electrons. The van der Waals surface area contributed by atoms with Crippen LogP contribution >= 0.6 is 0 Å². The van der Waals surface area contributed by atoms with Crippen molar-refractivity contribution >= 4 is 11.2 Å². The summed E-state index contributed by atoms with van der Waals surface area (Å²) in [6.07, 6.45) is 7.01. The summed E-state index contributed by atoms with van der Waals surface area (Å²) < 4.78 is 2.21. The summed E-state index contributed by atoms with van der Waals surface area (Å²) in [6.45, 7) is 8.51. The third-order valence-corrected chi connectivity index (χ3v) is 6.35. The van der Waals surface area contributed by atoms with Crippen LogP contribution in [0.25, 0.3) is 11.2 Å². The standard InChI is InChI=1S/C22H27N5O/c1-14-6-7-16(12-23-14)22(3,28)13-27-18-8-10-26-9-4-5-17(26)19(18)20-21(27)24-11-15(2)25-20/h6-7,11-12,17,28H,4-5,8-10,13H2,1-3H3. The Bertz CT molecular complexity index is 1040. The van der Waals surface area contributed by atoms with E-state index in [2.05, 4.69) is 14.5 Å². The van der Waals surface area contributed by atoms with Crippen molar-refractivity contribution in [2.24, 2.45) is 0 Å². The second kappa shape index (κ2) is 6.36. The van der Waals surface area contributed by atoms with Crippen molar-refractivity contribution < 1.29 is 5.11 Å². The van der Waals surface area contributed by atoms with Gasteiger partial charge in [-0.3, -0.25) is 9.88 Å². The fraction of sp³-hybridized carbons (Fsp3) is 0.500. The predicted molar refractivity (Wildman–Crippen MR) is 108 cm³/mol. The predicted octanol–water partition coefficient (Wildman–Crippen LogP) is 3.04. The highest BCUT2D eigenvalue weighted by molar-refractivity contribution is 5.79. The van der Waals surface area contributed by atoms with Crippen LogP contribution in [0.4, 0.5) is 0 Å². The molecule has 6 heteroatoms. The van der Waals surface area contributed by atoms with Crippen molar-refractivity contribution in [2.45, 2.75) is 58.2 Å². The Kier molecular flexibility index (Phi) is 4.03. The molecule has 28 heavy (non-hydrogen) atoms. The molecule has 3 aromatic heterocycles. The summed E-state index contributed by atoms with van der Waals surface area (Å²) in [7, 11) is 0. The van der Waals surface area contributed by atoms with Gasteiger partial charge in [0.05, 0.1) is 18.4 Å². The maximum absolute atomic E-state index is 11.3. The van der Waals surface area contributed by atoms with Crippen molar-refractivity contribution in [1.82, 2.24) is 24.4 Å². The topological polar surface area (TPSA) is 67.1 Å². The van der Waals surface area contributed by atoms with E-state index >= 15 is 0 Å². The molecule has 0 amide bonds. The van der Waals surface area contributed by atoms with Crippen LogP contribution in [-0.4, -0.2) is 42.6 Å². The number of hydrogen-bond acceptors (Lipinski definition) is 5. The number of nitrogens with zero attached hydrogens (tertiary/aromatic N) is 5. The lowest BCUT2D eigenvalue weighted by atomic mass is 9.96. The minimum absolute atomic E-state index is 0.439. The second-order valence-corrected chi connectivity index (χ2v) is 8.54. The molecule has 0 spiro atoms. The van der Waals surface area contributed by atoms with Crippen LogP contribution in [-0.2, 0) is 18.6 Å². The normalized spacial score (nSPS) is 21.5. The first-order valence-corrected chi connectivity index (χ1v) is 10.2. The zero-order valence-electron chi connectivity index (χ0n) is 16.8. The van der Waals surface area contributed by atoms with E-state index in [1.165, 1.54) is 30.6 Å². The molecular formula is C22H27N5O. The van der Waals surface area contributed by atoms with E-state index in [-0.39, 0.29) is 0 Å². The van der Waals surface area contributed by atoms with Crippen LogP contribution in [0.5, 0.6) is 0 Å². The summed E-state index contributed by atoms with van der Waals surface area (Å²) in [5, 5.41) is 11.3. The van der Waals surface area contributed by atoms with E-state index in [0.29, 0.717) is 12.6 Å². The molecule has 1 fully saturated rings. The summed E-state index contributed by atoms with van der Waals surface area (Å²) in [6, 6.07) is 4.36. The second-order valence-electron chi connectivity index (χ2n) is 8.54. The molecule has 2 unspecified atom stereocenters. The van der Waals surface area contributed by atoms with Crippen molar-refractivity contribution in [3.63, 3.8) is 0 Å². The molecule has 0 bridgehead atoms. The molecule has 5 heterocycles. The zero-order valence-corrected chi connectivity index (χ0v) is 16.8. The number of aliphatic hydroxyl groups is 1. The highest BCUT2D eigenvalue weighted by Gasteiger charge is 2.37. The smallest absolute Gasteiger partial charge is 0.159 e. The van der Waals surface area contributed by atoms with Gasteiger partial charge in [0.25, 0.3) is 0 Å². The number of rotatable bonds is 3.